The molecule has 0 saturated heterocycles. The van der Waals surface area contributed by atoms with Crippen molar-refractivity contribution in [3.63, 3.8) is 0 Å². The maximum atomic E-state index is 11.7. The third-order valence-electron chi connectivity index (χ3n) is 3.04. The largest absolute Gasteiger partial charge is 0.490 e. The maximum Gasteiger partial charge on any atom is 0.355 e. The lowest BCUT2D eigenvalue weighted by Gasteiger charge is -2.08. The summed E-state index contributed by atoms with van der Waals surface area (Å²) in [5.74, 6) is 0.475. The van der Waals surface area contributed by atoms with Crippen LogP contribution in [0.4, 0.5) is 0 Å². The molecule has 0 fully saturated rings. The van der Waals surface area contributed by atoms with E-state index in [0.29, 0.717) is 12.3 Å². The molecule has 2 rings (SSSR count). The van der Waals surface area contributed by atoms with Crippen LogP contribution in [-0.4, -0.2) is 23.8 Å². The average Bonchev–Trinajstić information content (AvgIpc) is 2.90. The normalized spacial score (nSPS) is 10.3. The number of rotatable bonds is 6. The second-order valence-electron chi connectivity index (χ2n) is 4.49. The fourth-order valence-corrected chi connectivity index (χ4v) is 1.90. The molecule has 0 saturated carbocycles. The number of hydrogen-bond acceptors (Lipinski definition) is 3. The Kier molecular flexibility index (Phi) is 4.82. The SMILES string of the molecule is CCc1cccc(OCCOC(=O)c2cccn2C)c1. The van der Waals surface area contributed by atoms with Crippen LogP contribution in [0.3, 0.4) is 0 Å². The van der Waals surface area contributed by atoms with Crippen molar-refractivity contribution in [3.05, 3.63) is 53.9 Å². The van der Waals surface area contributed by atoms with E-state index in [2.05, 4.69) is 13.0 Å². The molecule has 20 heavy (non-hydrogen) atoms. The summed E-state index contributed by atoms with van der Waals surface area (Å²) < 4.78 is 12.5. The van der Waals surface area contributed by atoms with E-state index in [1.165, 1.54) is 5.56 Å². The molecule has 2 aromatic rings. The smallest absolute Gasteiger partial charge is 0.355 e. The molecule has 4 nitrogen and oxygen atoms in total. The Hall–Kier alpha value is -2.23. The summed E-state index contributed by atoms with van der Waals surface area (Å²) in [6.45, 7) is 2.68. The van der Waals surface area contributed by atoms with Gasteiger partial charge in [-0.25, -0.2) is 4.79 Å². The molecule has 0 aliphatic heterocycles. The molecule has 106 valence electrons. The van der Waals surface area contributed by atoms with Crippen LogP contribution < -0.4 is 4.74 Å². The van der Waals surface area contributed by atoms with Crippen molar-refractivity contribution in [3.8, 4) is 5.75 Å². The number of carbonyl (C=O) groups excluding carboxylic acids is 1. The van der Waals surface area contributed by atoms with Crippen molar-refractivity contribution in [1.82, 2.24) is 4.57 Å². The van der Waals surface area contributed by atoms with Crippen molar-refractivity contribution >= 4 is 5.97 Å². The molecule has 0 aliphatic carbocycles. The van der Waals surface area contributed by atoms with Crippen molar-refractivity contribution in [2.24, 2.45) is 7.05 Å². The lowest BCUT2D eigenvalue weighted by atomic mass is 10.2. The number of ether oxygens (including phenoxy) is 2. The molecular weight excluding hydrogens is 254 g/mol. The summed E-state index contributed by atoms with van der Waals surface area (Å²) in [5, 5.41) is 0. The van der Waals surface area contributed by atoms with Gasteiger partial charge in [-0.15, -0.1) is 0 Å². The van der Waals surface area contributed by atoms with Crippen LogP contribution in [0.5, 0.6) is 5.75 Å². The van der Waals surface area contributed by atoms with Crippen LogP contribution in [0.15, 0.2) is 42.6 Å². The van der Waals surface area contributed by atoms with Crippen LogP contribution in [0.25, 0.3) is 0 Å². The Morgan fingerprint density at radius 3 is 2.75 bits per heavy atom. The molecule has 0 bridgehead atoms. The molecule has 0 unspecified atom stereocenters. The first-order valence-corrected chi connectivity index (χ1v) is 6.71. The van der Waals surface area contributed by atoms with E-state index in [1.54, 1.807) is 10.6 Å². The van der Waals surface area contributed by atoms with Gasteiger partial charge in [-0.3, -0.25) is 0 Å². The Morgan fingerprint density at radius 2 is 2.05 bits per heavy atom. The van der Waals surface area contributed by atoms with E-state index >= 15 is 0 Å². The zero-order chi connectivity index (χ0) is 14.4. The van der Waals surface area contributed by atoms with Crippen molar-refractivity contribution in [2.45, 2.75) is 13.3 Å². The first kappa shape index (κ1) is 14.2. The van der Waals surface area contributed by atoms with E-state index in [1.807, 2.05) is 37.5 Å². The third-order valence-corrected chi connectivity index (χ3v) is 3.04. The van der Waals surface area contributed by atoms with Gasteiger partial charge in [0.05, 0.1) is 0 Å². The van der Waals surface area contributed by atoms with Gasteiger partial charge in [0.1, 0.15) is 24.7 Å². The molecule has 1 aromatic heterocycles. The first-order valence-electron chi connectivity index (χ1n) is 6.71. The van der Waals surface area contributed by atoms with E-state index in [9.17, 15) is 4.79 Å². The van der Waals surface area contributed by atoms with Gasteiger partial charge in [0.15, 0.2) is 0 Å². The van der Waals surface area contributed by atoms with Crippen molar-refractivity contribution in [2.75, 3.05) is 13.2 Å². The number of aromatic nitrogens is 1. The monoisotopic (exact) mass is 273 g/mol. The Bertz CT molecular complexity index is 575. The summed E-state index contributed by atoms with van der Waals surface area (Å²) in [6.07, 6.45) is 2.78. The van der Waals surface area contributed by atoms with Crippen LogP contribution in [-0.2, 0) is 18.2 Å². The van der Waals surface area contributed by atoms with Crippen LogP contribution in [0.1, 0.15) is 23.0 Å². The Labute approximate surface area is 118 Å². The van der Waals surface area contributed by atoms with Gasteiger partial charge < -0.3 is 14.0 Å². The van der Waals surface area contributed by atoms with Gasteiger partial charge in [0.25, 0.3) is 0 Å². The predicted molar refractivity (Wildman–Crippen MR) is 77.0 cm³/mol. The van der Waals surface area contributed by atoms with E-state index < -0.39 is 0 Å². The molecule has 4 heteroatoms. The second kappa shape index (κ2) is 6.80. The summed E-state index contributed by atoms with van der Waals surface area (Å²) in [6, 6.07) is 11.5. The lowest BCUT2D eigenvalue weighted by molar-refractivity contribution is 0.0439. The van der Waals surface area contributed by atoms with E-state index in [4.69, 9.17) is 9.47 Å². The van der Waals surface area contributed by atoms with Gasteiger partial charge >= 0.3 is 5.97 Å². The van der Waals surface area contributed by atoms with Gasteiger partial charge in [-0.05, 0) is 36.2 Å². The average molecular weight is 273 g/mol. The minimum Gasteiger partial charge on any atom is -0.490 e. The predicted octanol–water partition coefficient (Wildman–Crippen LogP) is 2.82. The minimum absolute atomic E-state index is 0.236. The number of nitrogens with zero attached hydrogens (tertiary/aromatic N) is 1. The van der Waals surface area contributed by atoms with Gasteiger partial charge in [0.2, 0.25) is 0 Å². The number of carbonyl (C=O) groups is 1. The van der Waals surface area contributed by atoms with Gasteiger partial charge in [-0.2, -0.15) is 0 Å². The lowest BCUT2D eigenvalue weighted by Crippen LogP contribution is -2.14. The third kappa shape index (κ3) is 3.63. The summed E-state index contributed by atoms with van der Waals surface area (Å²) in [7, 11) is 1.81. The zero-order valence-corrected chi connectivity index (χ0v) is 11.8. The molecule has 1 aromatic carbocycles. The fourth-order valence-electron chi connectivity index (χ4n) is 1.90. The highest BCUT2D eigenvalue weighted by Gasteiger charge is 2.09. The molecule has 0 N–H and O–H groups in total. The number of esters is 1. The second-order valence-corrected chi connectivity index (χ2v) is 4.49. The first-order chi connectivity index (χ1) is 9.70. The standard InChI is InChI=1S/C16H19NO3/c1-3-13-6-4-7-14(12-13)19-10-11-20-16(18)15-8-5-9-17(15)2/h4-9,12H,3,10-11H2,1-2H3. The van der Waals surface area contributed by atoms with Crippen LogP contribution in [0, 0.1) is 0 Å². The summed E-state index contributed by atoms with van der Waals surface area (Å²) >= 11 is 0. The number of benzene rings is 1. The van der Waals surface area contributed by atoms with Gasteiger partial charge in [-0.1, -0.05) is 19.1 Å². The van der Waals surface area contributed by atoms with Gasteiger partial charge in [0, 0.05) is 13.2 Å². The Morgan fingerprint density at radius 1 is 1.20 bits per heavy atom. The molecule has 0 atom stereocenters. The molecule has 0 radical (unpaired) electrons. The fraction of sp³-hybridized carbons (Fsp3) is 0.312. The molecule has 1 heterocycles. The van der Waals surface area contributed by atoms with E-state index in [0.717, 1.165) is 12.2 Å². The quantitative estimate of drug-likeness (QED) is 0.600. The zero-order valence-electron chi connectivity index (χ0n) is 11.8. The highest BCUT2D eigenvalue weighted by atomic mass is 16.6. The van der Waals surface area contributed by atoms with Crippen LogP contribution >= 0.6 is 0 Å². The minimum atomic E-state index is -0.330. The van der Waals surface area contributed by atoms with Crippen molar-refractivity contribution < 1.29 is 14.3 Å². The molecule has 0 spiro atoms. The number of hydrogen-bond donors (Lipinski definition) is 0. The van der Waals surface area contributed by atoms with Crippen LogP contribution in [0.2, 0.25) is 0 Å². The highest BCUT2D eigenvalue weighted by molar-refractivity contribution is 5.87. The molecular formula is C16H19NO3. The maximum absolute atomic E-state index is 11.7. The molecule has 0 aliphatic rings. The summed E-state index contributed by atoms with van der Waals surface area (Å²) in [5.41, 5.74) is 1.77. The Balaban J connectivity index is 1.76. The summed E-state index contributed by atoms with van der Waals surface area (Å²) in [4.78, 5) is 11.7. The number of aryl methyl sites for hydroxylation is 2. The highest BCUT2D eigenvalue weighted by Crippen LogP contribution is 2.13. The van der Waals surface area contributed by atoms with E-state index in [-0.39, 0.29) is 12.6 Å². The van der Waals surface area contributed by atoms with Crippen molar-refractivity contribution in [1.29, 1.82) is 0 Å². The topological polar surface area (TPSA) is 40.5 Å². The molecule has 0 amide bonds.